The fourth-order valence-electron chi connectivity index (χ4n) is 4.51. The van der Waals surface area contributed by atoms with Crippen molar-refractivity contribution in [3.8, 4) is 0 Å². The lowest BCUT2D eigenvalue weighted by Crippen LogP contribution is -2.39. The maximum absolute atomic E-state index is 13.0. The predicted molar refractivity (Wildman–Crippen MR) is 132 cm³/mol. The van der Waals surface area contributed by atoms with Crippen LogP contribution in [0, 0.1) is 5.92 Å². The summed E-state index contributed by atoms with van der Waals surface area (Å²) in [5.74, 6) is -0.497. The van der Waals surface area contributed by atoms with Crippen molar-refractivity contribution in [1.29, 1.82) is 0 Å². The summed E-state index contributed by atoms with van der Waals surface area (Å²) < 4.78 is 32.8. The summed E-state index contributed by atoms with van der Waals surface area (Å²) >= 11 is 1.39. The zero-order chi connectivity index (χ0) is 24.5. The van der Waals surface area contributed by atoms with Gasteiger partial charge >= 0.3 is 5.97 Å². The molecule has 184 valence electrons. The van der Waals surface area contributed by atoms with Gasteiger partial charge in [0.05, 0.1) is 17.1 Å². The number of likely N-dealkylation sites (N-methyl/N-ethyl adjacent to an activating group) is 1. The van der Waals surface area contributed by atoms with Crippen LogP contribution in [-0.4, -0.2) is 62.8 Å². The predicted octanol–water partition coefficient (Wildman–Crippen LogP) is 3.59. The average molecular weight is 506 g/mol. The molecular formula is C24H31N3O5S2. The van der Waals surface area contributed by atoms with Crippen molar-refractivity contribution in [2.45, 2.75) is 44.6 Å². The molecule has 8 nitrogen and oxygen atoms in total. The van der Waals surface area contributed by atoms with E-state index in [4.69, 9.17) is 4.74 Å². The summed E-state index contributed by atoms with van der Waals surface area (Å²) in [7, 11) is -1.57. The molecule has 0 aliphatic carbocycles. The molecule has 0 saturated carbocycles. The third-order valence-corrected chi connectivity index (χ3v) is 9.34. The van der Waals surface area contributed by atoms with E-state index >= 15 is 0 Å². The number of hydrogen-bond donors (Lipinski definition) is 1. The van der Waals surface area contributed by atoms with Gasteiger partial charge in [0.2, 0.25) is 10.0 Å². The van der Waals surface area contributed by atoms with E-state index in [-0.39, 0.29) is 11.5 Å². The normalized spacial score (nSPS) is 19.4. The minimum atomic E-state index is -3.59. The maximum atomic E-state index is 13.0. The number of hydrogen-bond acceptors (Lipinski definition) is 7. The van der Waals surface area contributed by atoms with Gasteiger partial charge in [0, 0.05) is 36.6 Å². The van der Waals surface area contributed by atoms with Gasteiger partial charge in [-0.25, -0.2) is 13.2 Å². The number of carbonyl (C=O) groups is 2. The zero-order valence-corrected chi connectivity index (χ0v) is 21.4. The second-order valence-corrected chi connectivity index (χ2v) is 12.0. The van der Waals surface area contributed by atoms with Crippen molar-refractivity contribution < 1.29 is 22.7 Å². The molecule has 4 rings (SSSR count). The lowest BCUT2D eigenvalue weighted by atomic mass is 10.0. The number of amides is 1. The highest BCUT2D eigenvalue weighted by atomic mass is 32.2. The number of benzene rings is 1. The van der Waals surface area contributed by atoms with E-state index in [2.05, 4.69) is 17.1 Å². The molecule has 10 heteroatoms. The van der Waals surface area contributed by atoms with Gasteiger partial charge in [0.1, 0.15) is 5.00 Å². The number of ether oxygens (including phenoxy) is 1. The summed E-state index contributed by atoms with van der Waals surface area (Å²) in [6.07, 6.45) is 2.60. The molecule has 1 aromatic carbocycles. The van der Waals surface area contributed by atoms with Crippen molar-refractivity contribution >= 4 is 38.2 Å². The summed E-state index contributed by atoms with van der Waals surface area (Å²) in [5, 5.41) is 3.34. The standard InChI is InChI=1S/C24H31N3O5S2/c1-4-32-24(29)21-19-11-13-26(3)15-20(19)33-23(21)25-22(28)17-7-9-18(10-8-17)34(30,31)27-12-5-6-16(2)14-27/h7-10,16H,4-6,11-15H2,1-3H3,(H,25,28)/t16-/m0/s1. The van der Waals surface area contributed by atoms with Crippen LogP contribution in [-0.2, 0) is 27.7 Å². The van der Waals surface area contributed by atoms with Gasteiger partial charge < -0.3 is 15.0 Å². The molecular weight excluding hydrogens is 474 g/mol. The third-order valence-electron chi connectivity index (χ3n) is 6.33. The van der Waals surface area contributed by atoms with Crippen LogP contribution in [0.1, 0.15) is 57.8 Å². The first kappa shape index (κ1) is 24.8. The highest BCUT2D eigenvalue weighted by molar-refractivity contribution is 7.89. The SMILES string of the molecule is CCOC(=O)c1c(NC(=O)c2ccc(S(=O)(=O)N3CCC[C@H](C)C3)cc2)sc2c1CCN(C)C2. The molecule has 0 radical (unpaired) electrons. The Labute approximate surface area is 204 Å². The van der Waals surface area contributed by atoms with Gasteiger partial charge in [-0.2, -0.15) is 4.31 Å². The zero-order valence-electron chi connectivity index (χ0n) is 19.8. The Balaban J connectivity index is 1.55. The topological polar surface area (TPSA) is 96.0 Å². The monoisotopic (exact) mass is 505 g/mol. The number of nitrogens with zero attached hydrogens (tertiary/aromatic N) is 2. The maximum Gasteiger partial charge on any atom is 0.341 e. The van der Waals surface area contributed by atoms with Gasteiger partial charge in [-0.1, -0.05) is 6.92 Å². The van der Waals surface area contributed by atoms with Crippen molar-refractivity contribution in [2.75, 3.05) is 38.6 Å². The number of nitrogens with one attached hydrogen (secondary N) is 1. The smallest absolute Gasteiger partial charge is 0.341 e. The van der Waals surface area contributed by atoms with Crippen LogP contribution in [0.2, 0.25) is 0 Å². The lowest BCUT2D eigenvalue weighted by Gasteiger charge is -2.30. The van der Waals surface area contributed by atoms with E-state index in [0.717, 1.165) is 29.8 Å². The summed E-state index contributed by atoms with van der Waals surface area (Å²) in [6, 6.07) is 5.98. The van der Waals surface area contributed by atoms with Crippen molar-refractivity contribution in [3.05, 3.63) is 45.8 Å². The van der Waals surface area contributed by atoms with Crippen molar-refractivity contribution in [3.63, 3.8) is 0 Å². The molecule has 1 saturated heterocycles. The second-order valence-electron chi connectivity index (χ2n) is 9.01. The molecule has 0 bridgehead atoms. The Kier molecular flexibility index (Phi) is 7.42. The number of piperidine rings is 1. The number of rotatable bonds is 6. The Morgan fingerprint density at radius 1 is 1.21 bits per heavy atom. The molecule has 0 spiro atoms. The van der Waals surface area contributed by atoms with Crippen LogP contribution in [0.3, 0.4) is 0 Å². The molecule has 2 aliphatic rings. The highest BCUT2D eigenvalue weighted by Crippen LogP contribution is 2.37. The molecule has 0 unspecified atom stereocenters. The quantitative estimate of drug-likeness (QED) is 0.603. The Hall–Kier alpha value is -2.27. The molecule has 1 amide bonds. The number of anilines is 1. The minimum Gasteiger partial charge on any atom is -0.462 e. The molecule has 1 fully saturated rings. The molecule has 2 aromatic rings. The Morgan fingerprint density at radius 3 is 2.62 bits per heavy atom. The van der Waals surface area contributed by atoms with Gasteiger partial charge in [-0.15, -0.1) is 11.3 Å². The Morgan fingerprint density at radius 2 is 1.94 bits per heavy atom. The molecule has 1 atom stereocenters. The van der Waals surface area contributed by atoms with Crippen LogP contribution in [0.4, 0.5) is 5.00 Å². The molecule has 1 aromatic heterocycles. The van der Waals surface area contributed by atoms with Crippen LogP contribution in [0.15, 0.2) is 29.2 Å². The molecule has 34 heavy (non-hydrogen) atoms. The van der Waals surface area contributed by atoms with Crippen molar-refractivity contribution in [2.24, 2.45) is 5.92 Å². The Bertz CT molecular complexity index is 1170. The first-order valence-electron chi connectivity index (χ1n) is 11.6. The van der Waals surface area contributed by atoms with Gasteiger partial charge in [-0.05, 0) is 69.0 Å². The molecule has 3 heterocycles. The highest BCUT2D eigenvalue weighted by Gasteiger charge is 2.30. The van der Waals surface area contributed by atoms with Crippen LogP contribution in [0.25, 0.3) is 0 Å². The van der Waals surface area contributed by atoms with Gasteiger partial charge in [0.15, 0.2) is 0 Å². The van der Waals surface area contributed by atoms with Crippen molar-refractivity contribution in [1.82, 2.24) is 9.21 Å². The fraction of sp³-hybridized carbons (Fsp3) is 0.500. The lowest BCUT2D eigenvalue weighted by molar-refractivity contribution is 0.0526. The third kappa shape index (κ3) is 5.05. The van der Waals surface area contributed by atoms with Crippen LogP contribution >= 0.6 is 11.3 Å². The van der Waals surface area contributed by atoms with E-state index in [0.29, 0.717) is 48.1 Å². The largest absolute Gasteiger partial charge is 0.462 e. The summed E-state index contributed by atoms with van der Waals surface area (Å²) in [6.45, 7) is 6.63. The fourth-order valence-corrected chi connectivity index (χ4v) is 7.42. The van der Waals surface area contributed by atoms with E-state index < -0.39 is 21.9 Å². The van der Waals surface area contributed by atoms with E-state index in [9.17, 15) is 18.0 Å². The molecule has 1 N–H and O–H groups in total. The van der Waals surface area contributed by atoms with E-state index in [1.807, 2.05) is 7.05 Å². The first-order valence-corrected chi connectivity index (χ1v) is 13.9. The molecule has 2 aliphatic heterocycles. The van der Waals surface area contributed by atoms with Crippen LogP contribution in [0.5, 0.6) is 0 Å². The number of fused-ring (bicyclic) bond motifs is 1. The van der Waals surface area contributed by atoms with E-state index in [1.54, 1.807) is 6.92 Å². The minimum absolute atomic E-state index is 0.181. The van der Waals surface area contributed by atoms with Crippen LogP contribution < -0.4 is 5.32 Å². The number of esters is 1. The summed E-state index contributed by atoms with van der Waals surface area (Å²) in [4.78, 5) is 29.1. The van der Waals surface area contributed by atoms with Gasteiger partial charge in [0.25, 0.3) is 5.91 Å². The number of carbonyl (C=O) groups excluding carboxylic acids is 2. The number of sulfonamides is 1. The number of thiophene rings is 1. The second kappa shape index (κ2) is 10.2. The van der Waals surface area contributed by atoms with Gasteiger partial charge in [-0.3, -0.25) is 4.79 Å². The first-order chi connectivity index (χ1) is 16.2. The summed E-state index contributed by atoms with van der Waals surface area (Å²) in [5.41, 5.74) is 1.69. The average Bonchev–Trinajstić information content (AvgIpc) is 3.16. The van der Waals surface area contributed by atoms with E-state index in [1.165, 1.54) is 39.9 Å².